The average Bonchev–Trinajstić information content (AvgIpc) is 2.63. The Morgan fingerprint density at radius 1 is 1.15 bits per heavy atom. The first-order chi connectivity index (χ1) is 12.6. The highest BCUT2D eigenvalue weighted by atomic mass is 127. The van der Waals surface area contributed by atoms with Gasteiger partial charge in [0.25, 0.3) is 0 Å². The van der Waals surface area contributed by atoms with Gasteiger partial charge in [0, 0.05) is 26.3 Å². The SMILES string of the molecule is CCNC(=NCc1ccc(OCC)c(OC)c1)NCCCOCC(C)C.I. The number of hydrogen-bond donors (Lipinski definition) is 2. The molecule has 0 aromatic heterocycles. The van der Waals surface area contributed by atoms with Crippen LogP contribution in [0.1, 0.15) is 39.7 Å². The number of rotatable bonds is 12. The summed E-state index contributed by atoms with van der Waals surface area (Å²) < 4.78 is 16.5. The van der Waals surface area contributed by atoms with E-state index < -0.39 is 0 Å². The van der Waals surface area contributed by atoms with Crippen molar-refractivity contribution in [2.24, 2.45) is 10.9 Å². The van der Waals surface area contributed by atoms with E-state index in [0.717, 1.165) is 55.7 Å². The van der Waals surface area contributed by atoms with Gasteiger partial charge >= 0.3 is 0 Å². The molecule has 0 aliphatic heterocycles. The highest BCUT2D eigenvalue weighted by Crippen LogP contribution is 2.28. The Hall–Kier alpha value is -1.22. The fourth-order valence-corrected chi connectivity index (χ4v) is 2.30. The molecule has 0 saturated carbocycles. The molecule has 7 heteroatoms. The zero-order chi connectivity index (χ0) is 19.2. The Bertz CT molecular complexity index is 539. The van der Waals surface area contributed by atoms with E-state index in [4.69, 9.17) is 14.2 Å². The fraction of sp³-hybridized carbons (Fsp3) is 0.650. The molecule has 0 fully saturated rings. The van der Waals surface area contributed by atoms with E-state index in [0.29, 0.717) is 19.1 Å². The number of benzene rings is 1. The highest BCUT2D eigenvalue weighted by molar-refractivity contribution is 14.0. The Kier molecular flexibility index (Phi) is 15.1. The summed E-state index contributed by atoms with van der Waals surface area (Å²) in [5, 5.41) is 6.61. The van der Waals surface area contributed by atoms with E-state index in [-0.39, 0.29) is 24.0 Å². The zero-order valence-electron chi connectivity index (χ0n) is 17.3. The summed E-state index contributed by atoms with van der Waals surface area (Å²) in [5.74, 6) is 2.88. The van der Waals surface area contributed by atoms with Crippen LogP contribution in [0, 0.1) is 5.92 Å². The molecule has 1 aromatic rings. The van der Waals surface area contributed by atoms with Crippen LogP contribution in [0.5, 0.6) is 11.5 Å². The Balaban J connectivity index is 0.00000676. The number of aliphatic imine (C=N–C) groups is 1. The maximum Gasteiger partial charge on any atom is 0.191 e. The summed E-state index contributed by atoms with van der Waals surface area (Å²) in [4.78, 5) is 4.64. The smallest absolute Gasteiger partial charge is 0.191 e. The molecule has 0 heterocycles. The van der Waals surface area contributed by atoms with Crippen LogP contribution >= 0.6 is 24.0 Å². The van der Waals surface area contributed by atoms with E-state index in [1.165, 1.54) is 0 Å². The normalized spacial score (nSPS) is 11.1. The van der Waals surface area contributed by atoms with Crippen LogP contribution in [-0.4, -0.2) is 46.0 Å². The van der Waals surface area contributed by atoms with Gasteiger partial charge in [0.1, 0.15) is 0 Å². The lowest BCUT2D eigenvalue weighted by atomic mass is 10.2. The van der Waals surface area contributed by atoms with Gasteiger partial charge in [-0.1, -0.05) is 19.9 Å². The predicted octanol–water partition coefficient (Wildman–Crippen LogP) is 3.83. The van der Waals surface area contributed by atoms with Crippen molar-refractivity contribution in [2.45, 2.75) is 40.7 Å². The predicted molar refractivity (Wildman–Crippen MR) is 123 cm³/mol. The summed E-state index contributed by atoms with van der Waals surface area (Å²) in [6, 6.07) is 5.91. The third-order valence-electron chi connectivity index (χ3n) is 3.50. The lowest BCUT2D eigenvalue weighted by Crippen LogP contribution is -2.38. The number of nitrogens with one attached hydrogen (secondary N) is 2. The number of halogens is 1. The van der Waals surface area contributed by atoms with E-state index in [9.17, 15) is 0 Å². The van der Waals surface area contributed by atoms with Crippen LogP contribution in [0.4, 0.5) is 0 Å². The number of hydrogen-bond acceptors (Lipinski definition) is 4. The van der Waals surface area contributed by atoms with Crippen LogP contribution in [0.3, 0.4) is 0 Å². The quantitative estimate of drug-likeness (QED) is 0.201. The van der Waals surface area contributed by atoms with E-state index >= 15 is 0 Å². The van der Waals surface area contributed by atoms with E-state index in [2.05, 4.69) is 36.4 Å². The molecule has 156 valence electrons. The summed E-state index contributed by atoms with van der Waals surface area (Å²) in [6.07, 6.45) is 0.952. The minimum atomic E-state index is 0. The van der Waals surface area contributed by atoms with Crippen molar-refractivity contribution >= 4 is 29.9 Å². The van der Waals surface area contributed by atoms with Gasteiger partial charge in [-0.2, -0.15) is 0 Å². The van der Waals surface area contributed by atoms with Gasteiger partial charge in [0.05, 0.1) is 20.3 Å². The van der Waals surface area contributed by atoms with Gasteiger partial charge < -0.3 is 24.8 Å². The van der Waals surface area contributed by atoms with Crippen LogP contribution in [0.15, 0.2) is 23.2 Å². The minimum Gasteiger partial charge on any atom is -0.493 e. The molecule has 0 saturated heterocycles. The van der Waals surface area contributed by atoms with E-state index in [1.54, 1.807) is 7.11 Å². The lowest BCUT2D eigenvalue weighted by Gasteiger charge is -2.13. The second kappa shape index (κ2) is 15.8. The summed E-state index contributed by atoms with van der Waals surface area (Å²) in [5.41, 5.74) is 1.07. The Morgan fingerprint density at radius 2 is 1.93 bits per heavy atom. The molecule has 0 unspecified atom stereocenters. The average molecular weight is 493 g/mol. The fourth-order valence-electron chi connectivity index (χ4n) is 2.30. The second-order valence-electron chi connectivity index (χ2n) is 6.36. The third kappa shape index (κ3) is 11.3. The molecule has 0 spiro atoms. The summed E-state index contributed by atoms with van der Waals surface area (Å²) >= 11 is 0. The van der Waals surface area contributed by atoms with Crippen molar-refractivity contribution in [3.63, 3.8) is 0 Å². The van der Waals surface area contributed by atoms with Crippen molar-refractivity contribution in [2.75, 3.05) is 40.0 Å². The largest absolute Gasteiger partial charge is 0.493 e. The van der Waals surface area contributed by atoms with Crippen LogP contribution in [-0.2, 0) is 11.3 Å². The van der Waals surface area contributed by atoms with Gasteiger partial charge in [0.15, 0.2) is 17.5 Å². The molecule has 1 aromatic carbocycles. The van der Waals surface area contributed by atoms with Gasteiger partial charge in [-0.25, -0.2) is 4.99 Å². The molecule has 2 N–H and O–H groups in total. The molecule has 0 aliphatic rings. The minimum absolute atomic E-state index is 0. The van der Waals surface area contributed by atoms with Crippen molar-refractivity contribution in [1.82, 2.24) is 10.6 Å². The third-order valence-corrected chi connectivity index (χ3v) is 3.50. The van der Waals surface area contributed by atoms with Gasteiger partial charge in [0.2, 0.25) is 0 Å². The number of ether oxygens (including phenoxy) is 3. The van der Waals surface area contributed by atoms with Crippen molar-refractivity contribution in [1.29, 1.82) is 0 Å². The van der Waals surface area contributed by atoms with Crippen LogP contribution < -0.4 is 20.1 Å². The molecule has 0 amide bonds. The van der Waals surface area contributed by atoms with E-state index in [1.807, 2.05) is 25.1 Å². The first-order valence-corrected chi connectivity index (χ1v) is 9.50. The lowest BCUT2D eigenvalue weighted by molar-refractivity contribution is 0.108. The molecular formula is C20H36IN3O3. The molecule has 6 nitrogen and oxygen atoms in total. The molecular weight excluding hydrogens is 457 g/mol. The van der Waals surface area contributed by atoms with Crippen molar-refractivity contribution in [3.8, 4) is 11.5 Å². The van der Waals surface area contributed by atoms with Gasteiger partial charge in [-0.05, 0) is 43.9 Å². The van der Waals surface area contributed by atoms with Crippen molar-refractivity contribution < 1.29 is 14.2 Å². The summed E-state index contributed by atoms with van der Waals surface area (Å²) in [6.45, 7) is 12.7. The maximum atomic E-state index is 5.60. The Morgan fingerprint density at radius 3 is 2.56 bits per heavy atom. The van der Waals surface area contributed by atoms with Gasteiger partial charge in [-0.15, -0.1) is 24.0 Å². The number of methoxy groups -OCH3 is 1. The molecule has 1 rings (SSSR count). The Labute approximate surface area is 181 Å². The van der Waals surface area contributed by atoms with Gasteiger partial charge in [-0.3, -0.25) is 0 Å². The number of nitrogens with zero attached hydrogens (tertiary/aromatic N) is 1. The first-order valence-electron chi connectivity index (χ1n) is 9.50. The monoisotopic (exact) mass is 493 g/mol. The second-order valence-corrected chi connectivity index (χ2v) is 6.36. The van der Waals surface area contributed by atoms with Crippen molar-refractivity contribution in [3.05, 3.63) is 23.8 Å². The molecule has 0 aliphatic carbocycles. The summed E-state index contributed by atoms with van der Waals surface area (Å²) in [7, 11) is 1.65. The molecule has 0 atom stereocenters. The highest BCUT2D eigenvalue weighted by Gasteiger charge is 2.05. The first kappa shape index (κ1) is 25.8. The molecule has 27 heavy (non-hydrogen) atoms. The molecule has 0 bridgehead atoms. The standard InChI is InChI=1S/C20H35N3O3.HI/c1-6-21-20(22-11-8-12-25-15-16(3)4)23-14-17-9-10-18(26-7-2)19(13-17)24-5;/h9-10,13,16H,6-8,11-12,14-15H2,1-5H3,(H2,21,22,23);1H. The zero-order valence-corrected chi connectivity index (χ0v) is 19.7. The topological polar surface area (TPSA) is 64.1 Å². The maximum absolute atomic E-state index is 5.60. The number of guanidine groups is 1. The molecule has 0 radical (unpaired) electrons. The van der Waals surface area contributed by atoms with Crippen LogP contribution in [0.2, 0.25) is 0 Å². The van der Waals surface area contributed by atoms with Crippen LogP contribution in [0.25, 0.3) is 0 Å².